The van der Waals surface area contributed by atoms with Crippen molar-refractivity contribution in [2.45, 2.75) is 19.1 Å². The summed E-state index contributed by atoms with van der Waals surface area (Å²) in [5, 5.41) is 0. The number of methoxy groups -OCH3 is 2. The fourth-order valence-electron chi connectivity index (χ4n) is 2.34. The zero-order chi connectivity index (χ0) is 17.2. The molecule has 0 spiro atoms. The molecule has 1 heterocycles. The highest BCUT2D eigenvalue weighted by Crippen LogP contribution is 2.15. The lowest BCUT2D eigenvalue weighted by Gasteiger charge is -2.13. The summed E-state index contributed by atoms with van der Waals surface area (Å²) in [6.45, 7) is 0.651. The summed E-state index contributed by atoms with van der Waals surface area (Å²) in [5.74, 6) is 0.879. The Labute approximate surface area is 167 Å². The standard InChI is InChI=1S/C20H26NO3.HI/c1-21-15-5-4-7-18(21)12-9-17-10-13-19(14-11-17)24-16-6-8-20(22-2)23-3;/h4-5,7,9-15,20H,6,8,16H2,1-3H3;1H/q+1;/p-1/b12-9+;. The Balaban J connectivity index is 0.00000312. The van der Waals surface area contributed by atoms with E-state index in [0.717, 1.165) is 29.8 Å². The second-order valence-electron chi connectivity index (χ2n) is 5.53. The van der Waals surface area contributed by atoms with Crippen LogP contribution in [0.1, 0.15) is 24.1 Å². The fraction of sp³-hybridized carbons (Fsp3) is 0.350. The number of nitrogens with zero attached hydrogens (tertiary/aromatic N) is 1. The van der Waals surface area contributed by atoms with Gasteiger partial charge in [0.1, 0.15) is 12.8 Å². The molecule has 4 nitrogen and oxygen atoms in total. The smallest absolute Gasteiger partial charge is 0.204 e. The molecule has 0 atom stereocenters. The number of pyridine rings is 1. The molecule has 1 aromatic heterocycles. The molecule has 0 saturated carbocycles. The first-order valence-electron chi connectivity index (χ1n) is 8.14. The van der Waals surface area contributed by atoms with Crippen LogP contribution in [0, 0.1) is 0 Å². The first-order chi connectivity index (χ1) is 11.7. The Kier molecular flexibility index (Phi) is 10.4. The van der Waals surface area contributed by atoms with Crippen LogP contribution in [0.5, 0.6) is 5.75 Å². The normalized spacial score (nSPS) is 10.9. The van der Waals surface area contributed by atoms with Crippen molar-refractivity contribution >= 4 is 12.2 Å². The zero-order valence-corrected chi connectivity index (χ0v) is 17.2. The highest BCUT2D eigenvalue weighted by Gasteiger charge is 2.04. The first-order valence-corrected chi connectivity index (χ1v) is 8.14. The summed E-state index contributed by atoms with van der Waals surface area (Å²) < 4.78 is 18.1. The molecular formula is C20H26INO3. The van der Waals surface area contributed by atoms with E-state index in [0.29, 0.717) is 6.61 Å². The van der Waals surface area contributed by atoms with Gasteiger partial charge in [-0.1, -0.05) is 12.1 Å². The number of hydrogen-bond donors (Lipinski definition) is 0. The lowest BCUT2D eigenvalue weighted by Crippen LogP contribution is -3.00. The van der Waals surface area contributed by atoms with Crippen LogP contribution in [0.25, 0.3) is 12.2 Å². The molecule has 2 rings (SSSR count). The van der Waals surface area contributed by atoms with Crippen LogP contribution in [-0.4, -0.2) is 27.1 Å². The summed E-state index contributed by atoms with van der Waals surface area (Å²) in [6, 6.07) is 14.2. The van der Waals surface area contributed by atoms with Crippen molar-refractivity contribution in [1.29, 1.82) is 0 Å². The number of halogens is 1. The molecular weight excluding hydrogens is 429 g/mol. The molecule has 0 fully saturated rings. The van der Waals surface area contributed by atoms with Crippen LogP contribution >= 0.6 is 0 Å². The first kappa shape index (κ1) is 21.6. The Bertz CT molecular complexity index is 640. The van der Waals surface area contributed by atoms with Crippen molar-refractivity contribution in [3.8, 4) is 5.75 Å². The van der Waals surface area contributed by atoms with Gasteiger partial charge in [-0.25, -0.2) is 4.57 Å². The Morgan fingerprint density at radius 2 is 1.72 bits per heavy atom. The number of benzene rings is 1. The summed E-state index contributed by atoms with van der Waals surface area (Å²) in [4.78, 5) is 0. The molecule has 136 valence electrons. The second-order valence-corrected chi connectivity index (χ2v) is 5.53. The van der Waals surface area contributed by atoms with Gasteiger partial charge in [-0.05, 0) is 36.3 Å². The molecule has 0 aliphatic heterocycles. The van der Waals surface area contributed by atoms with Gasteiger partial charge in [0.05, 0.1) is 6.61 Å². The average molecular weight is 455 g/mol. The predicted octanol–water partition coefficient (Wildman–Crippen LogP) is 0.463. The van der Waals surface area contributed by atoms with E-state index in [4.69, 9.17) is 14.2 Å². The van der Waals surface area contributed by atoms with Crippen molar-refractivity contribution in [2.75, 3.05) is 20.8 Å². The van der Waals surface area contributed by atoms with Crippen molar-refractivity contribution in [1.82, 2.24) is 0 Å². The molecule has 2 aromatic rings. The Hall–Kier alpha value is -1.44. The third-order valence-corrected chi connectivity index (χ3v) is 3.80. The van der Waals surface area contributed by atoms with Gasteiger partial charge in [0.15, 0.2) is 12.5 Å². The predicted molar refractivity (Wildman–Crippen MR) is 95.5 cm³/mol. The number of rotatable bonds is 9. The minimum atomic E-state index is -0.152. The van der Waals surface area contributed by atoms with E-state index in [1.807, 2.05) is 37.5 Å². The quantitative estimate of drug-likeness (QED) is 0.239. The molecule has 25 heavy (non-hydrogen) atoms. The van der Waals surface area contributed by atoms with Gasteiger partial charge in [0, 0.05) is 38.8 Å². The lowest BCUT2D eigenvalue weighted by molar-refractivity contribution is -0.673. The van der Waals surface area contributed by atoms with Gasteiger partial charge >= 0.3 is 0 Å². The minimum Gasteiger partial charge on any atom is -1.00 e. The van der Waals surface area contributed by atoms with Gasteiger partial charge in [0.25, 0.3) is 0 Å². The number of aryl methyl sites for hydroxylation is 1. The monoisotopic (exact) mass is 455 g/mol. The highest BCUT2D eigenvalue weighted by molar-refractivity contribution is 5.67. The van der Waals surface area contributed by atoms with E-state index in [9.17, 15) is 0 Å². The van der Waals surface area contributed by atoms with Crippen molar-refractivity contribution in [2.24, 2.45) is 7.05 Å². The zero-order valence-electron chi connectivity index (χ0n) is 15.0. The van der Waals surface area contributed by atoms with E-state index in [1.165, 1.54) is 0 Å². The van der Waals surface area contributed by atoms with Crippen LogP contribution in [-0.2, 0) is 16.5 Å². The highest BCUT2D eigenvalue weighted by atomic mass is 127. The molecule has 1 aromatic carbocycles. The number of aromatic nitrogens is 1. The van der Waals surface area contributed by atoms with Crippen LogP contribution in [0.3, 0.4) is 0 Å². The van der Waals surface area contributed by atoms with E-state index in [2.05, 4.69) is 34.9 Å². The van der Waals surface area contributed by atoms with Gasteiger partial charge in [-0.2, -0.15) is 0 Å². The maximum atomic E-state index is 5.74. The molecule has 0 saturated heterocycles. The maximum absolute atomic E-state index is 5.74. The van der Waals surface area contributed by atoms with E-state index < -0.39 is 0 Å². The van der Waals surface area contributed by atoms with Crippen LogP contribution < -0.4 is 33.3 Å². The third kappa shape index (κ3) is 7.54. The molecule has 0 aliphatic carbocycles. The summed E-state index contributed by atoms with van der Waals surface area (Å²) in [5.41, 5.74) is 2.30. The Morgan fingerprint density at radius 1 is 1.00 bits per heavy atom. The van der Waals surface area contributed by atoms with Gasteiger partial charge in [0.2, 0.25) is 5.69 Å². The molecule has 0 bridgehead atoms. The van der Waals surface area contributed by atoms with E-state index in [-0.39, 0.29) is 30.3 Å². The van der Waals surface area contributed by atoms with Crippen LogP contribution in [0.15, 0.2) is 48.7 Å². The molecule has 0 radical (unpaired) electrons. The SMILES string of the molecule is COC(CCCOc1ccc(/C=C/c2cccc[n+]2C)cc1)OC.[I-]. The van der Waals surface area contributed by atoms with Crippen LogP contribution in [0.2, 0.25) is 0 Å². The van der Waals surface area contributed by atoms with Gasteiger partial charge in [-0.15, -0.1) is 0 Å². The minimum absolute atomic E-state index is 0. The van der Waals surface area contributed by atoms with Gasteiger partial charge < -0.3 is 38.2 Å². The number of hydrogen-bond acceptors (Lipinski definition) is 3. The van der Waals surface area contributed by atoms with Crippen molar-refractivity contribution in [3.63, 3.8) is 0 Å². The molecule has 0 N–H and O–H groups in total. The summed E-state index contributed by atoms with van der Waals surface area (Å²) >= 11 is 0. The lowest BCUT2D eigenvalue weighted by atomic mass is 10.2. The third-order valence-electron chi connectivity index (χ3n) is 3.80. The number of ether oxygens (including phenoxy) is 3. The molecule has 0 amide bonds. The fourth-order valence-corrected chi connectivity index (χ4v) is 2.34. The average Bonchev–Trinajstić information content (AvgIpc) is 2.62. The topological polar surface area (TPSA) is 31.6 Å². The molecule has 5 heteroatoms. The van der Waals surface area contributed by atoms with E-state index in [1.54, 1.807) is 14.2 Å². The molecule has 0 aliphatic rings. The largest absolute Gasteiger partial charge is 1.00 e. The maximum Gasteiger partial charge on any atom is 0.204 e. The Morgan fingerprint density at radius 3 is 2.36 bits per heavy atom. The van der Waals surface area contributed by atoms with E-state index >= 15 is 0 Å². The van der Waals surface area contributed by atoms with Gasteiger partial charge in [-0.3, -0.25) is 0 Å². The second kappa shape index (κ2) is 12.0. The summed E-state index contributed by atoms with van der Waals surface area (Å²) in [7, 11) is 5.34. The van der Waals surface area contributed by atoms with Crippen LogP contribution in [0.4, 0.5) is 0 Å². The van der Waals surface area contributed by atoms with Crippen molar-refractivity contribution < 1.29 is 42.8 Å². The molecule has 0 unspecified atom stereocenters. The summed E-state index contributed by atoms with van der Waals surface area (Å²) in [6.07, 6.45) is 7.79. The van der Waals surface area contributed by atoms with Crippen molar-refractivity contribution in [3.05, 3.63) is 59.9 Å².